The summed E-state index contributed by atoms with van der Waals surface area (Å²) in [6.07, 6.45) is -0.0939. The van der Waals surface area contributed by atoms with Gasteiger partial charge in [0, 0.05) is 23.6 Å². The number of halogens is 3. The lowest BCUT2D eigenvalue weighted by Gasteiger charge is -2.19. The quantitative estimate of drug-likeness (QED) is 0.232. The summed E-state index contributed by atoms with van der Waals surface area (Å²) in [5, 5.41) is 18.5. The molecule has 0 amide bonds. The number of nitrogens with zero attached hydrogens (tertiary/aromatic N) is 4. The molecule has 1 N–H and O–H groups in total. The number of fused-ring (bicyclic) bond motifs is 1. The maximum Gasteiger partial charge on any atom is 0.335 e. The van der Waals surface area contributed by atoms with Crippen molar-refractivity contribution in [2.75, 3.05) is 26.4 Å². The number of carbonyl (C=O) groups is 1. The van der Waals surface area contributed by atoms with Gasteiger partial charge in [0.25, 0.3) is 0 Å². The fourth-order valence-corrected chi connectivity index (χ4v) is 5.18. The third-order valence-electron chi connectivity index (χ3n) is 7.41. The molecule has 6 rings (SSSR count). The van der Waals surface area contributed by atoms with E-state index < -0.39 is 23.4 Å². The van der Waals surface area contributed by atoms with Crippen LogP contribution in [-0.4, -0.2) is 52.0 Å². The molecule has 228 valence electrons. The van der Waals surface area contributed by atoms with Crippen LogP contribution in [0.1, 0.15) is 38.9 Å². The van der Waals surface area contributed by atoms with Crippen molar-refractivity contribution in [1.29, 1.82) is 5.26 Å². The Morgan fingerprint density at radius 1 is 0.956 bits per heavy atom. The van der Waals surface area contributed by atoms with Crippen LogP contribution in [0.4, 0.5) is 13.2 Å². The lowest BCUT2D eigenvalue weighted by molar-refractivity contribution is 0.0697. The largest absolute Gasteiger partial charge is 0.478 e. The first-order chi connectivity index (χ1) is 21.8. The molecule has 45 heavy (non-hydrogen) atoms. The number of pyridine rings is 1. The van der Waals surface area contributed by atoms with Crippen LogP contribution in [0, 0.1) is 28.8 Å². The lowest BCUT2D eigenvalue weighted by Crippen LogP contribution is -2.21. The van der Waals surface area contributed by atoms with Gasteiger partial charge in [-0.1, -0.05) is 12.1 Å². The number of imidazole rings is 1. The molecule has 1 fully saturated rings. The van der Waals surface area contributed by atoms with Crippen molar-refractivity contribution in [3.05, 3.63) is 112 Å². The summed E-state index contributed by atoms with van der Waals surface area (Å²) in [7, 11) is 0. The monoisotopic (exact) mass is 614 g/mol. The molecule has 0 unspecified atom stereocenters. The van der Waals surface area contributed by atoms with Crippen molar-refractivity contribution < 1.29 is 37.3 Å². The van der Waals surface area contributed by atoms with Crippen molar-refractivity contribution in [3.8, 4) is 23.2 Å². The smallest absolute Gasteiger partial charge is 0.335 e. The Bertz CT molecular complexity index is 1950. The van der Waals surface area contributed by atoms with Gasteiger partial charge in [0.2, 0.25) is 5.88 Å². The average Bonchev–Trinajstić information content (AvgIpc) is 3.18. The highest BCUT2D eigenvalue weighted by Crippen LogP contribution is 2.30. The Morgan fingerprint density at radius 2 is 1.73 bits per heavy atom. The van der Waals surface area contributed by atoms with Crippen LogP contribution in [-0.2, 0) is 22.5 Å². The van der Waals surface area contributed by atoms with Gasteiger partial charge in [-0.05, 0) is 54.1 Å². The summed E-state index contributed by atoms with van der Waals surface area (Å²) in [4.78, 5) is 20.6. The summed E-state index contributed by atoms with van der Waals surface area (Å²) in [6.45, 7) is 1.15. The number of benzene rings is 3. The summed E-state index contributed by atoms with van der Waals surface area (Å²) in [5.41, 5.74) is 1.50. The first-order valence-electron chi connectivity index (χ1n) is 14.0. The molecular weight excluding hydrogens is 589 g/mol. The number of carboxylic acid groups (broad SMARTS) is 1. The zero-order valence-electron chi connectivity index (χ0n) is 23.7. The highest BCUT2D eigenvalue weighted by atomic mass is 19.1. The van der Waals surface area contributed by atoms with E-state index >= 15 is 8.78 Å². The zero-order valence-corrected chi connectivity index (χ0v) is 23.7. The van der Waals surface area contributed by atoms with Crippen LogP contribution in [0.25, 0.3) is 22.3 Å². The number of aromatic carboxylic acids is 1. The maximum absolute atomic E-state index is 15.6. The summed E-state index contributed by atoms with van der Waals surface area (Å²) >= 11 is 0. The Morgan fingerprint density at radius 3 is 2.47 bits per heavy atom. The normalized spacial score (nSPS) is 13.8. The van der Waals surface area contributed by atoms with Crippen molar-refractivity contribution in [1.82, 2.24) is 14.5 Å². The van der Waals surface area contributed by atoms with Crippen LogP contribution < -0.4 is 4.74 Å². The van der Waals surface area contributed by atoms with Gasteiger partial charge in [0.15, 0.2) is 0 Å². The van der Waals surface area contributed by atoms with Crippen molar-refractivity contribution in [2.45, 2.75) is 19.1 Å². The lowest BCUT2D eigenvalue weighted by atomic mass is 10.0. The molecule has 0 atom stereocenters. The van der Waals surface area contributed by atoms with E-state index in [2.05, 4.69) is 9.97 Å². The van der Waals surface area contributed by atoms with Crippen LogP contribution in [0.15, 0.2) is 66.7 Å². The fraction of sp³-hybridized carbons (Fsp3) is 0.212. The molecule has 0 radical (unpaired) electrons. The molecule has 3 heterocycles. The fourth-order valence-electron chi connectivity index (χ4n) is 5.18. The van der Waals surface area contributed by atoms with Gasteiger partial charge in [0.1, 0.15) is 29.9 Å². The molecule has 1 aliphatic rings. The zero-order chi connectivity index (χ0) is 31.5. The first-order valence-corrected chi connectivity index (χ1v) is 14.0. The molecule has 9 nitrogen and oxygen atoms in total. The molecular formula is C33H25F3N4O5. The minimum Gasteiger partial charge on any atom is -0.478 e. The number of aromatic nitrogens is 3. The van der Waals surface area contributed by atoms with E-state index in [0.717, 1.165) is 18.2 Å². The van der Waals surface area contributed by atoms with Gasteiger partial charge in [0.05, 0.1) is 66.4 Å². The molecule has 0 bridgehead atoms. The van der Waals surface area contributed by atoms with Gasteiger partial charge in [-0.2, -0.15) is 5.26 Å². The van der Waals surface area contributed by atoms with Crippen LogP contribution in [0.3, 0.4) is 0 Å². The van der Waals surface area contributed by atoms with Crippen LogP contribution in [0.5, 0.6) is 5.88 Å². The Balaban J connectivity index is 1.29. The maximum atomic E-state index is 15.6. The molecule has 0 spiro atoms. The number of hydrogen-bond donors (Lipinski definition) is 1. The molecule has 1 aliphatic heterocycles. The Hall–Kier alpha value is -5.25. The SMILES string of the molecule is N#Cc1ccc(COc2cccc(-c3cc(F)c(Cc4nc5ccc(C(=O)O)cc5n4C4COCCOC4)cc3F)n2)c(F)c1. The molecule has 0 aliphatic carbocycles. The van der Waals surface area contributed by atoms with Gasteiger partial charge in [-0.3, -0.25) is 0 Å². The first kappa shape index (κ1) is 29.8. The topological polar surface area (TPSA) is 119 Å². The Kier molecular flexibility index (Phi) is 8.46. The second kappa shape index (κ2) is 12.8. The number of ether oxygens (including phenoxy) is 3. The van der Waals surface area contributed by atoms with E-state index in [9.17, 15) is 14.3 Å². The van der Waals surface area contributed by atoms with Gasteiger partial charge < -0.3 is 23.9 Å². The molecule has 2 aromatic heterocycles. The van der Waals surface area contributed by atoms with Gasteiger partial charge in [-0.25, -0.2) is 27.9 Å². The predicted molar refractivity (Wildman–Crippen MR) is 155 cm³/mol. The van der Waals surface area contributed by atoms with Crippen LogP contribution >= 0.6 is 0 Å². The van der Waals surface area contributed by atoms with Crippen molar-refractivity contribution >= 4 is 17.0 Å². The standard InChI is InChI=1S/C33H25F3N4O5/c34-25-10-19(15-37)4-5-21(25)16-45-32-3-1-2-28(39-32)24-14-26(35)22(11-27(24)36)13-31-38-29-7-6-20(33(41)42)12-30(29)40(31)23-17-43-8-9-44-18-23/h1-7,10-12,14,23H,8-9,13,16-18H2,(H,41,42). The highest BCUT2D eigenvalue weighted by molar-refractivity contribution is 5.92. The summed E-state index contributed by atoms with van der Waals surface area (Å²) in [6, 6.07) is 16.7. The Labute approximate surface area is 255 Å². The minimum atomic E-state index is -1.10. The van der Waals surface area contributed by atoms with Crippen molar-refractivity contribution in [2.24, 2.45) is 0 Å². The third-order valence-corrected chi connectivity index (χ3v) is 7.41. The van der Waals surface area contributed by atoms with Crippen molar-refractivity contribution in [3.63, 3.8) is 0 Å². The molecule has 12 heteroatoms. The van der Waals surface area contributed by atoms with E-state index in [0.29, 0.717) is 30.1 Å². The number of nitriles is 1. The predicted octanol–water partition coefficient (Wildman–Crippen LogP) is 5.84. The van der Waals surface area contributed by atoms with E-state index in [1.807, 2.05) is 6.07 Å². The number of rotatable bonds is 8. The second-order valence-electron chi connectivity index (χ2n) is 10.4. The highest BCUT2D eigenvalue weighted by Gasteiger charge is 2.24. The molecule has 1 saturated heterocycles. The van der Waals surface area contributed by atoms with E-state index in [1.165, 1.54) is 36.4 Å². The number of hydrogen-bond acceptors (Lipinski definition) is 7. The van der Waals surface area contributed by atoms with Gasteiger partial charge in [-0.15, -0.1) is 0 Å². The molecule has 3 aromatic carbocycles. The number of carboxylic acids is 1. The summed E-state index contributed by atoms with van der Waals surface area (Å²) < 4.78 is 64.1. The third kappa shape index (κ3) is 6.35. The second-order valence-corrected chi connectivity index (χ2v) is 10.4. The molecule has 5 aromatic rings. The van der Waals surface area contributed by atoms with Crippen LogP contribution in [0.2, 0.25) is 0 Å². The van der Waals surface area contributed by atoms with E-state index in [4.69, 9.17) is 19.5 Å². The average molecular weight is 615 g/mol. The van der Waals surface area contributed by atoms with Gasteiger partial charge >= 0.3 is 5.97 Å². The van der Waals surface area contributed by atoms with E-state index in [1.54, 1.807) is 16.7 Å². The molecule has 0 saturated carbocycles. The summed E-state index contributed by atoms with van der Waals surface area (Å²) in [5.74, 6) is -2.68. The van der Waals surface area contributed by atoms with E-state index in [-0.39, 0.29) is 71.7 Å². The minimum absolute atomic E-state index is 0.0328.